The van der Waals surface area contributed by atoms with Crippen molar-refractivity contribution >= 4 is 23.4 Å². The van der Waals surface area contributed by atoms with Crippen LogP contribution in [0.3, 0.4) is 0 Å². The second-order valence-electron chi connectivity index (χ2n) is 6.59. The molecule has 0 amide bonds. The Kier molecular flexibility index (Phi) is 4.76. The Morgan fingerprint density at radius 3 is 2.71 bits per heavy atom. The molecule has 0 bridgehead atoms. The Bertz CT molecular complexity index is 1190. The van der Waals surface area contributed by atoms with Gasteiger partial charge in [0.15, 0.2) is 0 Å². The summed E-state index contributed by atoms with van der Waals surface area (Å²) >= 11 is 0. The van der Waals surface area contributed by atoms with Gasteiger partial charge in [-0.2, -0.15) is 0 Å². The average molecular weight is 372 g/mol. The minimum Gasteiger partial charge on any atom is -0.467 e. The average Bonchev–Trinajstić information content (AvgIpc) is 3.21. The molecule has 6 nitrogen and oxygen atoms in total. The number of aliphatic imine (C=N–C) groups is 1. The number of furan rings is 1. The molecule has 4 rings (SSSR count). The zero-order valence-corrected chi connectivity index (χ0v) is 15.7. The van der Waals surface area contributed by atoms with Crippen molar-refractivity contribution in [1.29, 1.82) is 0 Å². The summed E-state index contributed by atoms with van der Waals surface area (Å²) in [6.45, 7) is 4.37. The summed E-state index contributed by atoms with van der Waals surface area (Å²) < 4.78 is 6.92. The number of anilines is 1. The molecule has 0 spiro atoms. The standard InChI is InChI=1S/C22H20N4O2/c1-15-7-9-17(10-8-15)23-14-19-20(24-13-18-6-4-12-28-18)25-21-16(2)5-3-11-26(21)22(19)27/h3-12,14,24H,13H2,1-2H3. The first kappa shape index (κ1) is 17.7. The van der Waals surface area contributed by atoms with E-state index in [2.05, 4.69) is 15.3 Å². The molecule has 0 fully saturated rings. The minimum absolute atomic E-state index is 0.175. The number of hydrogen-bond donors (Lipinski definition) is 1. The van der Waals surface area contributed by atoms with Crippen molar-refractivity contribution in [3.8, 4) is 0 Å². The quantitative estimate of drug-likeness (QED) is 0.531. The lowest BCUT2D eigenvalue weighted by molar-refractivity contribution is 0.518. The number of hydrogen-bond acceptors (Lipinski definition) is 5. The number of nitrogens with one attached hydrogen (secondary N) is 1. The number of rotatable bonds is 5. The third-order valence-corrected chi connectivity index (χ3v) is 4.47. The fourth-order valence-corrected chi connectivity index (χ4v) is 2.92. The summed E-state index contributed by atoms with van der Waals surface area (Å²) in [4.78, 5) is 22.3. The fraction of sp³-hybridized carbons (Fsp3) is 0.136. The van der Waals surface area contributed by atoms with Crippen molar-refractivity contribution in [2.75, 3.05) is 5.32 Å². The van der Waals surface area contributed by atoms with Gasteiger partial charge < -0.3 is 9.73 Å². The van der Waals surface area contributed by atoms with E-state index in [1.54, 1.807) is 23.1 Å². The highest BCUT2D eigenvalue weighted by molar-refractivity contribution is 5.88. The number of fused-ring (bicyclic) bond motifs is 1. The van der Waals surface area contributed by atoms with Gasteiger partial charge in [0.2, 0.25) is 0 Å². The van der Waals surface area contributed by atoms with E-state index in [1.807, 2.05) is 62.4 Å². The molecule has 0 aliphatic carbocycles. The monoisotopic (exact) mass is 372 g/mol. The predicted molar refractivity (Wildman–Crippen MR) is 111 cm³/mol. The first-order chi connectivity index (χ1) is 13.6. The molecule has 0 radical (unpaired) electrons. The van der Waals surface area contributed by atoms with Gasteiger partial charge in [-0.15, -0.1) is 0 Å². The minimum atomic E-state index is -0.175. The van der Waals surface area contributed by atoms with Gasteiger partial charge in [0, 0.05) is 12.4 Å². The Balaban J connectivity index is 1.79. The van der Waals surface area contributed by atoms with Gasteiger partial charge in [0.1, 0.15) is 22.8 Å². The van der Waals surface area contributed by atoms with E-state index in [4.69, 9.17) is 4.42 Å². The second kappa shape index (κ2) is 7.52. The third-order valence-electron chi connectivity index (χ3n) is 4.47. The van der Waals surface area contributed by atoms with Crippen molar-refractivity contribution in [3.05, 3.63) is 93.8 Å². The molecule has 28 heavy (non-hydrogen) atoms. The van der Waals surface area contributed by atoms with Gasteiger partial charge in [-0.3, -0.25) is 14.2 Å². The Labute approximate surface area is 162 Å². The van der Waals surface area contributed by atoms with E-state index in [-0.39, 0.29) is 5.56 Å². The molecule has 140 valence electrons. The van der Waals surface area contributed by atoms with Crippen LogP contribution in [-0.2, 0) is 6.54 Å². The molecule has 0 atom stereocenters. The summed E-state index contributed by atoms with van der Waals surface area (Å²) in [7, 11) is 0. The molecule has 3 heterocycles. The van der Waals surface area contributed by atoms with Gasteiger partial charge in [0.25, 0.3) is 5.56 Å². The summed E-state index contributed by atoms with van der Waals surface area (Å²) in [5, 5.41) is 3.21. The van der Waals surface area contributed by atoms with Crippen LogP contribution >= 0.6 is 0 Å². The molecule has 0 unspecified atom stereocenters. The summed E-state index contributed by atoms with van der Waals surface area (Å²) in [6.07, 6.45) is 4.90. The fourth-order valence-electron chi connectivity index (χ4n) is 2.92. The smallest absolute Gasteiger partial charge is 0.268 e. The van der Waals surface area contributed by atoms with Crippen LogP contribution in [0.4, 0.5) is 11.5 Å². The molecule has 1 N–H and O–H groups in total. The van der Waals surface area contributed by atoms with Crippen molar-refractivity contribution in [2.45, 2.75) is 20.4 Å². The largest absolute Gasteiger partial charge is 0.467 e. The third kappa shape index (κ3) is 3.57. The van der Waals surface area contributed by atoms with Crippen LogP contribution < -0.4 is 10.9 Å². The van der Waals surface area contributed by atoms with Gasteiger partial charge in [-0.25, -0.2) is 4.98 Å². The van der Waals surface area contributed by atoms with Crippen LogP contribution in [0.2, 0.25) is 0 Å². The van der Waals surface area contributed by atoms with Crippen LogP contribution in [0.1, 0.15) is 22.5 Å². The van der Waals surface area contributed by atoms with Gasteiger partial charge in [0.05, 0.1) is 18.5 Å². The molecule has 0 aliphatic heterocycles. The lowest BCUT2D eigenvalue weighted by atomic mass is 10.2. The van der Waals surface area contributed by atoms with E-state index in [1.165, 1.54) is 0 Å². The lowest BCUT2D eigenvalue weighted by Crippen LogP contribution is -2.22. The topological polar surface area (TPSA) is 71.9 Å². The Morgan fingerprint density at radius 2 is 1.96 bits per heavy atom. The number of nitrogens with zero attached hydrogens (tertiary/aromatic N) is 3. The van der Waals surface area contributed by atoms with Crippen LogP contribution in [0.15, 0.2) is 75.2 Å². The number of aromatic nitrogens is 2. The molecular formula is C22H20N4O2. The molecule has 1 aromatic carbocycles. The van der Waals surface area contributed by atoms with Crippen LogP contribution in [0, 0.1) is 13.8 Å². The maximum Gasteiger partial charge on any atom is 0.268 e. The van der Waals surface area contributed by atoms with Crippen molar-refractivity contribution in [3.63, 3.8) is 0 Å². The van der Waals surface area contributed by atoms with Crippen molar-refractivity contribution in [1.82, 2.24) is 9.38 Å². The molecule has 0 aliphatic rings. The number of pyridine rings is 1. The zero-order chi connectivity index (χ0) is 19.5. The number of benzene rings is 1. The first-order valence-electron chi connectivity index (χ1n) is 9.01. The molecule has 3 aromatic heterocycles. The highest BCUT2D eigenvalue weighted by Crippen LogP contribution is 2.16. The normalized spacial score (nSPS) is 11.4. The second-order valence-corrected chi connectivity index (χ2v) is 6.59. The molecule has 0 saturated heterocycles. The van der Waals surface area contributed by atoms with Crippen LogP contribution in [0.25, 0.3) is 5.65 Å². The van der Waals surface area contributed by atoms with E-state index >= 15 is 0 Å². The highest BCUT2D eigenvalue weighted by Gasteiger charge is 2.13. The van der Waals surface area contributed by atoms with E-state index in [0.29, 0.717) is 23.6 Å². The highest BCUT2D eigenvalue weighted by atomic mass is 16.3. The molecule has 0 saturated carbocycles. The maximum absolute atomic E-state index is 13.1. The predicted octanol–water partition coefficient (Wildman–Crippen LogP) is 4.27. The van der Waals surface area contributed by atoms with Crippen molar-refractivity contribution in [2.24, 2.45) is 4.99 Å². The van der Waals surface area contributed by atoms with E-state index in [9.17, 15) is 4.79 Å². The molecule has 6 heteroatoms. The van der Waals surface area contributed by atoms with E-state index in [0.717, 1.165) is 22.6 Å². The SMILES string of the molecule is Cc1ccc(N=Cc2c(NCc3ccco3)nc3c(C)cccn3c2=O)cc1. The molecule has 4 aromatic rings. The van der Waals surface area contributed by atoms with E-state index < -0.39 is 0 Å². The zero-order valence-electron chi connectivity index (χ0n) is 15.7. The van der Waals surface area contributed by atoms with Gasteiger partial charge in [-0.05, 0) is 49.7 Å². The maximum atomic E-state index is 13.1. The number of aryl methyl sites for hydroxylation is 2. The van der Waals surface area contributed by atoms with Crippen LogP contribution in [-0.4, -0.2) is 15.6 Å². The van der Waals surface area contributed by atoms with Gasteiger partial charge >= 0.3 is 0 Å². The summed E-state index contributed by atoms with van der Waals surface area (Å²) in [6, 6.07) is 15.3. The lowest BCUT2D eigenvalue weighted by Gasteiger charge is -2.11. The Hall–Kier alpha value is -3.67. The van der Waals surface area contributed by atoms with Crippen LogP contribution in [0.5, 0.6) is 0 Å². The Morgan fingerprint density at radius 1 is 1.14 bits per heavy atom. The molecular weight excluding hydrogens is 352 g/mol. The first-order valence-corrected chi connectivity index (χ1v) is 9.01. The van der Waals surface area contributed by atoms with Gasteiger partial charge in [-0.1, -0.05) is 23.8 Å². The van der Waals surface area contributed by atoms with Crippen molar-refractivity contribution < 1.29 is 4.42 Å². The summed E-state index contributed by atoms with van der Waals surface area (Å²) in [5.74, 6) is 1.24. The summed E-state index contributed by atoms with van der Waals surface area (Å²) in [5.41, 5.74) is 3.69.